The fourth-order valence-electron chi connectivity index (χ4n) is 4.45. The van der Waals surface area contributed by atoms with E-state index in [1.165, 1.54) is 32.7 Å². The minimum absolute atomic E-state index is 0.0142. The lowest BCUT2D eigenvalue weighted by Gasteiger charge is -2.14. The van der Waals surface area contributed by atoms with E-state index in [1.54, 1.807) is 24.0 Å². The summed E-state index contributed by atoms with van der Waals surface area (Å²) in [6.07, 6.45) is 0.666. The molecular weight excluding hydrogens is 594 g/mol. The molecule has 0 spiro atoms. The van der Waals surface area contributed by atoms with Crippen molar-refractivity contribution >= 4 is 45.2 Å². The number of esters is 2. The molecule has 4 rings (SSSR count). The van der Waals surface area contributed by atoms with Crippen LogP contribution in [0.1, 0.15) is 60.0 Å². The molecule has 0 aromatic carbocycles. The van der Waals surface area contributed by atoms with E-state index in [4.69, 9.17) is 23.7 Å². The summed E-state index contributed by atoms with van der Waals surface area (Å²) < 4.78 is 32.9. The first-order valence-corrected chi connectivity index (χ1v) is 14.9. The minimum Gasteiger partial charge on any atom is -0.491 e. The van der Waals surface area contributed by atoms with Crippen molar-refractivity contribution in [3.05, 3.63) is 34.3 Å². The Bertz CT molecular complexity index is 1520. The molecule has 0 radical (unpaired) electrons. The van der Waals surface area contributed by atoms with Gasteiger partial charge < -0.3 is 33.3 Å². The van der Waals surface area contributed by atoms with Crippen LogP contribution in [0, 0.1) is 0 Å². The van der Waals surface area contributed by atoms with Gasteiger partial charge in [0.2, 0.25) is 5.91 Å². The van der Waals surface area contributed by atoms with Crippen LogP contribution >= 0.6 is 11.3 Å². The second kappa shape index (κ2) is 15.3. The summed E-state index contributed by atoms with van der Waals surface area (Å²) in [5, 5.41) is 0. The number of amides is 1. The summed E-state index contributed by atoms with van der Waals surface area (Å²) in [7, 11) is 4.32. The van der Waals surface area contributed by atoms with Gasteiger partial charge in [-0.2, -0.15) is 0 Å². The number of rotatable bonds is 16. The molecule has 0 saturated heterocycles. The van der Waals surface area contributed by atoms with E-state index in [1.807, 2.05) is 6.07 Å². The van der Waals surface area contributed by atoms with Crippen molar-refractivity contribution in [2.24, 2.45) is 0 Å². The lowest BCUT2D eigenvalue weighted by molar-refractivity contribution is -0.145. The van der Waals surface area contributed by atoms with E-state index in [0.29, 0.717) is 53.0 Å². The average Bonchev–Trinajstić information content (AvgIpc) is 3.64. The monoisotopic (exact) mass is 629 g/mol. The number of Topliss-reactive ketones (excluding diaryl/α,β-unsaturated/α-hetero) is 1. The Morgan fingerprint density at radius 2 is 1.52 bits per heavy atom. The van der Waals surface area contributed by atoms with E-state index < -0.39 is 11.9 Å². The maximum Gasteiger partial charge on any atom is 0.306 e. The van der Waals surface area contributed by atoms with Crippen LogP contribution in [-0.4, -0.2) is 79.6 Å². The van der Waals surface area contributed by atoms with Gasteiger partial charge in [-0.3, -0.25) is 19.2 Å². The third-order valence-corrected chi connectivity index (χ3v) is 7.84. The van der Waals surface area contributed by atoms with Gasteiger partial charge in [0.1, 0.15) is 0 Å². The predicted octanol–water partition coefficient (Wildman–Crippen LogP) is 3.88. The molecule has 0 atom stereocenters. The molecule has 0 bridgehead atoms. The molecule has 1 aliphatic rings. The first kappa shape index (κ1) is 32.5. The fraction of sp³-hybridized carbons (Fsp3) is 0.467. The highest BCUT2D eigenvalue weighted by Crippen LogP contribution is 2.35. The van der Waals surface area contributed by atoms with E-state index in [-0.39, 0.29) is 63.1 Å². The third-order valence-electron chi connectivity index (χ3n) is 6.73. The van der Waals surface area contributed by atoms with Crippen LogP contribution in [0.15, 0.2) is 18.2 Å². The minimum atomic E-state index is -0.438. The molecule has 0 aliphatic carbocycles. The van der Waals surface area contributed by atoms with Crippen molar-refractivity contribution in [1.29, 1.82) is 0 Å². The van der Waals surface area contributed by atoms with Crippen molar-refractivity contribution in [3.63, 3.8) is 0 Å². The zero-order chi connectivity index (χ0) is 31.6. The molecule has 1 amide bonds. The van der Waals surface area contributed by atoms with Crippen molar-refractivity contribution < 1.29 is 47.6 Å². The number of methoxy groups -OCH3 is 3. The molecule has 44 heavy (non-hydrogen) atoms. The summed E-state index contributed by atoms with van der Waals surface area (Å²) in [4.78, 5) is 59.3. The SMILES string of the molecule is CCOC(=O)CCC(=O)N1Cc2cc(OC)c(OCCCOc3nc4cc(C(=O)CCC(=O)OC)sc4cc3OC)nc2C1. The van der Waals surface area contributed by atoms with Crippen molar-refractivity contribution in [2.45, 2.75) is 52.1 Å². The number of nitrogens with zero attached hydrogens (tertiary/aromatic N) is 3. The molecule has 0 saturated carbocycles. The molecule has 1 aliphatic heterocycles. The van der Waals surface area contributed by atoms with Gasteiger partial charge in [0.15, 0.2) is 17.3 Å². The number of carbonyl (C=O) groups excluding carboxylic acids is 4. The first-order valence-electron chi connectivity index (χ1n) is 14.1. The number of hydrogen-bond acceptors (Lipinski definition) is 13. The zero-order valence-corrected chi connectivity index (χ0v) is 26.0. The number of aromatic nitrogens is 2. The Labute approximate surface area is 258 Å². The van der Waals surface area contributed by atoms with E-state index >= 15 is 0 Å². The number of pyridine rings is 2. The van der Waals surface area contributed by atoms with Crippen LogP contribution in [0.5, 0.6) is 23.3 Å². The number of hydrogen-bond donors (Lipinski definition) is 0. The van der Waals surface area contributed by atoms with Crippen LogP contribution < -0.4 is 18.9 Å². The number of ketones is 1. The summed E-state index contributed by atoms with van der Waals surface area (Å²) in [5.41, 5.74) is 2.16. The van der Waals surface area contributed by atoms with Gasteiger partial charge in [0, 0.05) is 31.9 Å². The van der Waals surface area contributed by atoms with Gasteiger partial charge in [0.25, 0.3) is 11.8 Å². The number of fused-ring (bicyclic) bond motifs is 2. The normalized spacial score (nSPS) is 12.0. The van der Waals surface area contributed by atoms with Gasteiger partial charge in [0.05, 0.1) is 81.3 Å². The van der Waals surface area contributed by atoms with Gasteiger partial charge in [-0.15, -0.1) is 11.3 Å². The Balaban J connectivity index is 1.30. The largest absolute Gasteiger partial charge is 0.491 e. The molecule has 3 aromatic heterocycles. The maximum atomic E-state index is 12.6. The fourth-order valence-corrected chi connectivity index (χ4v) is 5.45. The Morgan fingerprint density at radius 1 is 0.841 bits per heavy atom. The van der Waals surface area contributed by atoms with Crippen molar-refractivity contribution in [1.82, 2.24) is 14.9 Å². The highest BCUT2D eigenvalue weighted by atomic mass is 32.1. The highest BCUT2D eigenvalue weighted by molar-refractivity contribution is 7.20. The second-order valence-corrected chi connectivity index (χ2v) is 10.8. The topological polar surface area (TPSA) is 153 Å². The van der Waals surface area contributed by atoms with Crippen LogP contribution in [0.3, 0.4) is 0 Å². The molecule has 0 unspecified atom stereocenters. The summed E-state index contributed by atoms with van der Waals surface area (Å²) in [6, 6.07) is 5.25. The molecule has 14 heteroatoms. The Kier molecular flexibility index (Phi) is 11.3. The van der Waals surface area contributed by atoms with Gasteiger partial charge in [-0.25, -0.2) is 9.97 Å². The van der Waals surface area contributed by atoms with Crippen LogP contribution in [-0.2, 0) is 36.9 Å². The molecule has 4 heterocycles. The lowest BCUT2D eigenvalue weighted by Crippen LogP contribution is -2.26. The van der Waals surface area contributed by atoms with E-state index in [2.05, 4.69) is 14.7 Å². The summed E-state index contributed by atoms with van der Waals surface area (Å²) in [5.74, 6) is 0.325. The Morgan fingerprint density at radius 3 is 2.20 bits per heavy atom. The van der Waals surface area contributed by atoms with Gasteiger partial charge in [-0.05, 0) is 24.6 Å². The molecule has 0 fully saturated rings. The van der Waals surface area contributed by atoms with Crippen molar-refractivity contribution in [3.8, 4) is 23.3 Å². The molecule has 0 N–H and O–H groups in total. The standard InChI is InChI=1S/C30H35N3O10S/c1-5-41-28(37)10-8-26(35)33-16-18-13-22(38-2)29(32-20(18)17-33)42-11-6-12-43-30-23(39-3)15-24-19(31-30)14-25(44-24)21(34)7-9-27(36)40-4/h13-15H,5-12,16-17H2,1-4H3. The number of carbonyl (C=O) groups is 4. The predicted molar refractivity (Wildman–Crippen MR) is 158 cm³/mol. The molecule has 236 valence electrons. The highest BCUT2D eigenvalue weighted by Gasteiger charge is 2.27. The van der Waals surface area contributed by atoms with Crippen LogP contribution in [0.4, 0.5) is 0 Å². The quantitative estimate of drug-likeness (QED) is 0.128. The Hall–Kier alpha value is -4.46. The maximum absolute atomic E-state index is 12.6. The second-order valence-electron chi connectivity index (χ2n) is 9.70. The number of ether oxygens (including phenoxy) is 6. The summed E-state index contributed by atoms with van der Waals surface area (Å²) >= 11 is 1.27. The van der Waals surface area contributed by atoms with Crippen molar-refractivity contribution in [2.75, 3.05) is 41.2 Å². The smallest absolute Gasteiger partial charge is 0.306 e. The van der Waals surface area contributed by atoms with E-state index in [0.717, 1.165) is 10.3 Å². The van der Waals surface area contributed by atoms with E-state index in [9.17, 15) is 19.2 Å². The first-order chi connectivity index (χ1) is 21.3. The van der Waals surface area contributed by atoms with Gasteiger partial charge >= 0.3 is 11.9 Å². The molecule has 3 aromatic rings. The van der Waals surface area contributed by atoms with Crippen LogP contribution in [0.25, 0.3) is 10.2 Å². The number of thiophene rings is 1. The summed E-state index contributed by atoms with van der Waals surface area (Å²) in [6.45, 7) is 3.23. The lowest BCUT2D eigenvalue weighted by atomic mass is 10.2. The zero-order valence-electron chi connectivity index (χ0n) is 25.1. The molecular formula is C30H35N3O10S. The third kappa shape index (κ3) is 8.13. The average molecular weight is 630 g/mol. The van der Waals surface area contributed by atoms with Crippen LogP contribution in [0.2, 0.25) is 0 Å². The molecule has 13 nitrogen and oxygen atoms in total. The van der Waals surface area contributed by atoms with Gasteiger partial charge in [-0.1, -0.05) is 0 Å².